The van der Waals surface area contributed by atoms with Crippen molar-refractivity contribution in [3.05, 3.63) is 95.8 Å². The van der Waals surface area contributed by atoms with Gasteiger partial charge in [-0.2, -0.15) is 0 Å². The molecule has 0 saturated heterocycles. The molecule has 4 rings (SSSR count). The van der Waals surface area contributed by atoms with Crippen LogP contribution in [0.1, 0.15) is 22.0 Å². The Morgan fingerprint density at radius 3 is 2.00 bits per heavy atom. The molecule has 1 atom stereocenters. The molecule has 2 N–H and O–H groups in total. The third-order valence-electron chi connectivity index (χ3n) is 5.18. The molecule has 0 saturated carbocycles. The fraction of sp³-hybridized carbons (Fsp3) is 0.0800. The van der Waals surface area contributed by atoms with E-state index in [-0.39, 0.29) is 16.9 Å². The fourth-order valence-corrected chi connectivity index (χ4v) is 3.56. The van der Waals surface area contributed by atoms with Crippen LogP contribution >= 0.6 is 0 Å². The number of rotatable bonds is 5. The van der Waals surface area contributed by atoms with E-state index in [1.54, 1.807) is 30.3 Å². The lowest BCUT2D eigenvalue weighted by Crippen LogP contribution is -2.07. The molecule has 0 aliphatic carbocycles. The van der Waals surface area contributed by atoms with Gasteiger partial charge in [-0.15, -0.1) is 0 Å². The van der Waals surface area contributed by atoms with Crippen molar-refractivity contribution in [2.75, 3.05) is 0 Å². The number of halogens is 3. The van der Waals surface area contributed by atoms with E-state index < -0.39 is 18.5 Å². The molecule has 0 bridgehead atoms. The van der Waals surface area contributed by atoms with Crippen LogP contribution in [0.2, 0.25) is 0 Å². The van der Waals surface area contributed by atoms with Gasteiger partial charge in [0.15, 0.2) is 0 Å². The van der Waals surface area contributed by atoms with Gasteiger partial charge in [0.1, 0.15) is 11.9 Å². The summed E-state index contributed by atoms with van der Waals surface area (Å²) in [6.07, 6.45) is -4.78. The minimum atomic E-state index is -2.90. The third kappa shape index (κ3) is 4.15. The van der Waals surface area contributed by atoms with Crippen molar-refractivity contribution in [3.63, 3.8) is 0 Å². The highest BCUT2D eigenvalue weighted by atomic mass is 19.3. The molecule has 31 heavy (non-hydrogen) atoms. The summed E-state index contributed by atoms with van der Waals surface area (Å²) in [6, 6.07) is 20.6. The second kappa shape index (κ2) is 8.24. The molecule has 0 unspecified atom stereocenters. The number of aliphatic hydroxyl groups is 1. The highest BCUT2D eigenvalue weighted by Gasteiger charge is 2.19. The molecular formula is C25H17F3O3. The topological polar surface area (TPSA) is 57.5 Å². The van der Waals surface area contributed by atoms with E-state index >= 15 is 0 Å². The molecule has 156 valence electrons. The van der Waals surface area contributed by atoms with E-state index in [2.05, 4.69) is 0 Å². The number of carboxylic acid groups (broad SMARTS) is 1. The van der Waals surface area contributed by atoms with Gasteiger partial charge >= 0.3 is 5.97 Å². The summed E-state index contributed by atoms with van der Waals surface area (Å²) in [5.41, 5.74) is 3.00. The molecule has 4 aromatic carbocycles. The summed E-state index contributed by atoms with van der Waals surface area (Å²) in [4.78, 5) is 11.7. The van der Waals surface area contributed by atoms with Crippen molar-refractivity contribution >= 4 is 16.7 Å². The Bertz CT molecular complexity index is 1250. The zero-order valence-electron chi connectivity index (χ0n) is 16.1. The first-order valence-electron chi connectivity index (χ1n) is 9.47. The number of alkyl halides is 2. The molecule has 0 heterocycles. The Hall–Kier alpha value is -3.64. The number of hydrogen-bond acceptors (Lipinski definition) is 2. The maximum atomic E-state index is 13.2. The quantitative estimate of drug-likeness (QED) is 0.396. The normalized spacial score (nSPS) is 12.3. The molecule has 4 aromatic rings. The maximum absolute atomic E-state index is 13.2. The van der Waals surface area contributed by atoms with Crippen LogP contribution in [0.15, 0.2) is 78.9 Å². The van der Waals surface area contributed by atoms with Gasteiger partial charge in [-0.1, -0.05) is 48.5 Å². The van der Waals surface area contributed by atoms with Gasteiger partial charge in [0.25, 0.3) is 6.43 Å². The standard InChI is InChI=1S/C25H17F3O3/c26-20-8-5-14(6-9-20)17-7-10-21-18(11-17)12-19(25(30)31)13-22(21)15-1-3-16(4-2-15)23(29)24(27)28/h1-13,23-24,29H,(H,30,31)/t23-/m0/s1. The molecule has 0 amide bonds. The zero-order chi connectivity index (χ0) is 22.1. The van der Waals surface area contributed by atoms with Gasteiger partial charge in [0, 0.05) is 0 Å². The Morgan fingerprint density at radius 2 is 1.39 bits per heavy atom. The van der Waals surface area contributed by atoms with Gasteiger partial charge in [-0.25, -0.2) is 18.0 Å². The third-order valence-corrected chi connectivity index (χ3v) is 5.18. The second-order valence-corrected chi connectivity index (χ2v) is 7.17. The minimum absolute atomic E-state index is 0.0791. The summed E-state index contributed by atoms with van der Waals surface area (Å²) >= 11 is 0. The van der Waals surface area contributed by atoms with Crippen molar-refractivity contribution in [3.8, 4) is 22.3 Å². The SMILES string of the molecule is O=C(O)c1cc(-c2ccc([C@H](O)C(F)F)cc2)c2ccc(-c3ccc(F)cc3)cc2c1. The predicted molar refractivity (Wildman–Crippen MR) is 113 cm³/mol. The highest BCUT2D eigenvalue weighted by molar-refractivity contribution is 6.04. The van der Waals surface area contributed by atoms with E-state index in [0.29, 0.717) is 16.5 Å². The minimum Gasteiger partial charge on any atom is -0.478 e. The summed E-state index contributed by atoms with van der Waals surface area (Å²) in [5, 5.41) is 20.6. The average molecular weight is 422 g/mol. The largest absolute Gasteiger partial charge is 0.478 e. The van der Waals surface area contributed by atoms with E-state index in [1.807, 2.05) is 18.2 Å². The lowest BCUT2D eigenvalue weighted by Gasteiger charge is -2.13. The Morgan fingerprint density at radius 1 is 0.774 bits per heavy atom. The Labute approximate surface area is 176 Å². The monoisotopic (exact) mass is 422 g/mol. The molecule has 0 aliphatic rings. The zero-order valence-corrected chi connectivity index (χ0v) is 16.1. The first-order chi connectivity index (χ1) is 14.8. The fourth-order valence-electron chi connectivity index (χ4n) is 3.56. The van der Waals surface area contributed by atoms with Crippen LogP contribution in [0, 0.1) is 5.82 Å². The average Bonchev–Trinajstić information content (AvgIpc) is 2.78. The van der Waals surface area contributed by atoms with Crippen molar-refractivity contribution < 1.29 is 28.2 Å². The lowest BCUT2D eigenvalue weighted by molar-refractivity contribution is -0.00577. The van der Waals surface area contributed by atoms with Crippen molar-refractivity contribution in [2.24, 2.45) is 0 Å². The molecule has 0 spiro atoms. The summed E-state index contributed by atoms with van der Waals surface area (Å²) in [6.45, 7) is 0. The van der Waals surface area contributed by atoms with Gasteiger partial charge in [0.2, 0.25) is 0 Å². The number of carboxylic acids is 1. The van der Waals surface area contributed by atoms with Crippen LogP contribution in [0.4, 0.5) is 13.2 Å². The van der Waals surface area contributed by atoms with E-state index in [0.717, 1.165) is 16.5 Å². The Balaban J connectivity index is 1.84. The summed E-state index contributed by atoms with van der Waals surface area (Å²) in [7, 11) is 0. The van der Waals surface area contributed by atoms with Gasteiger partial charge in [-0.05, 0) is 68.9 Å². The van der Waals surface area contributed by atoms with E-state index in [1.165, 1.54) is 30.3 Å². The molecule has 0 fully saturated rings. The van der Waals surface area contributed by atoms with Crippen LogP contribution in [0.25, 0.3) is 33.0 Å². The van der Waals surface area contributed by atoms with Crippen molar-refractivity contribution in [2.45, 2.75) is 12.5 Å². The number of aromatic carboxylic acids is 1. The van der Waals surface area contributed by atoms with Crippen molar-refractivity contribution in [1.29, 1.82) is 0 Å². The highest BCUT2D eigenvalue weighted by Crippen LogP contribution is 2.34. The number of hydrogen-bond donors (Lipinski definition) is 2. The first kappa shape index (κ1) is 20.6. The first-order valence-corrected chi connectivity index (χ1v) is 9.47. The maximum Gasteiger partial charge on any atom is 0.335 e. The number of benzene rings is 4. The smallest absolute Gasteiger partial charge is 0.335 e. The molecule has 0 aliphatic heterocycles. The Kier molecular flexibility index (Phi) is 5.48. The molecular weight excluding hydrogens is 405 g/mol. The number of fused-ring (bicyclic) bond motifs is 1. The molecule has 6 heteroatoms. The second-order valence-electron chi connectivity index (χ2n) is 7.17. The number of aliphatic hydroxyl groups excluding tert-OH is 1. The van der Waals surface area contributed by atoms with Crippen LogP contribution in [0.3, 0.4) is 0 Å². The van der Waals surface area contributed by atoms with E-state index in [9.17, 15) is 28.2 Å². The molecule has 3 nitrogen and oxygen atoms in total. The number of carbonyl (C=O) groups is 1. The van der Waals surface area contributed by atoms with E-state index in [4.69, 9.17) is 0 Å². The molecule has 0 radical (unpaired) electrons. The van der Waals surface area contributed by atoms with Crippen LogP contribution in [0.5, 0.6) is 0 Å². The van der Waals surface area contributed by atoms with Crippen molar-refractivity contribution in [1.82, 2.24) is 0 Å². The van der Waals surface area contributed by atoms with Crippen LogP contribution in [-0.4, -0.2) is 22.6 Å². The van der Waals surface area contributed by atoms with Gasteiger partial charge in [-0.3, -0.25) is 0 Å². The predicted octanol–water partition coefficient (Wildman–Crippen LogP) is 6.31. The van der Waals surface area contributed by atoms with Crippen LogP contribution in [-0.2, 0) is 0 Å². The lowest BCUT2D eigenvalue weighted by atomic mass is 9.92. The van der Waals surface area contributed by atoms with Crippen LogP contribution < -0.4 is 0 Å². The van der Waals surface area contributed by atoms with Gasteiger partial charge in [0.05, 0.1) is 5.56 Å². The summed E-state index contributed by atoms with van der Waals surface area (Å²) in [5.74, 6) is -1.44. The summed E-state index contributed by atoms with van der Waals surface area (Å²) < 4.78 is 38.7. The van der Waals surface area contributed by atoms with Gasteiger partial charge < -0.3 is 10.2 Å². The molecule has 0 aromatic heterocycles.